The molecule has 0 aliphatic carbocycles. The Morgan fingerprint density at radius 3 is 2.93 bits per heavy atom. The summed E-state index contributed by atoms with van der Waals surface area (Å²) in [6.07, 6.45) is 2.60. The molecule has 7 heteroatoms. The number of hydrogen-bond acceptors (Lipinski definition) is 4. The molecule has 4 nitrogen and oxygen atoms in total. The molecule has 0 aromatic carbocycles. The number of nitrogens with zero attached hydrogens (tertiary/aromatic N) is 2. The van der Waals surface area contributed by atoms with Gasteiger partial charge in [0.1, 0.15) is 5.82 Å². The first-order valence-electron chi connectivity index (χ1n) is 3.86. The molecule has 0 atom stereocenters. The van der Waals surface area contributed by atoms with Gasteiger partial charge in [-0.15, -0.1) is 12.4 Å². The third-order valence-electron chi connectivity index (χ3n) is 1.39. The zero-order valence-corrected chi connectivity index (χ0v) is 11.1. The van der Waals surface area contributed by atoms with Crippen molar-refractivity contribution in [3.63, 3.8) is 0 Å². The van der Waals surface area contributed by atoms with Crippen molar-refractivity contribution in [2.75, 3.05) is 18.4 Å². The first kappa shape index (κ1) is 14.2. The van der Waals surface area contributed by atoms with Gasteiger partial charge >= 0.3 is 0 Å². The largest absolute Gasteiger partial charge is 0.369 e. The average molecular weight is 349 g/mol. The Balaban J connectivity index is 0.00000169. The van der Waals surface area contributed by atoms with E-state index in [0.717, 1.165) is 22.4 Å². The second-order valence-electron chi connectivity index (χ2n) is 2.40. The molecule has 0 fully saturated rings. The number of aromatic nitrogens is 2. The molecule has 0 aliphatic rings. The lowest BCUT2D eigenvalue weighted by molar-refractivity contribution is 0.868. The second-order valence-corrected chi connectivity index (χ2v) is 3.90. The summed E-state index contributed by atoms with van der Waals surface area (Å²) in [5, 5.41) is 3.39. The van der Waals surface area contributed by atoms with Gasteiger partial charge < -0.3 is 11.1 Å². The molecule has 1 aromatic rings. The van der Waals surface area contributed by atoms with Crippen molar-refractivity contribution in [2.45, 2.75) is 6.42 Å². The van der Waals surface area contributed by atoms with Crippen LogP contribution < -0.4 is 11.1 Å². The number of anilines is 1. The Morgan fingerprint density at radius 2 is 2.29 bits per heavy atom. The fourth-order valence-electron chi connectivity index (χ4n) is 0.778. The Kier molecular flexibility index (Phi) is 7.52. The van der Waals surface area contributed by atoms with Crippen LogP contribution in [-0.4, -0.2) is 23.1 Å². The Labute approximate surface area is 108 Å². The van der Waals surface area contributed by atoms with Crippen LogP contribution in [0.5, 0.6) is 0 Å². The zero-order valence-electron chi connectivity index (χ0n) is 7.33. The minimum atomic E-state index is 0. The van der Waals surface area contributed by atoms with Crippen LogP contribution in [-0.2, 0) is 0 Å². The van der Waals surface area contributed by atoms with Crippen molar-refractivity contribution in [1.29, 1.82) is 0 Å². The summed E-state index contributed by atoms with van der Waals surface area (Å²) in [5.41, 5.74) is 5.36. The van der Waals surface area contributed by atoms with Crippen LogP contribution in [0.25, 0.3) is 0 Å². The molecule has 0 radical (unpaired) electrons. The third kappa shape index (κ3) is 4.59. The molecule has 1 heterocycles. The van der Waals surface area contributed by atoms with E-state index in [1.807, 2.05) is 0 Å². The standard InChI is InChI=1S/C7H10ClIN4.ClH/c8-7-12-4-5(9)6(13-7)11-3-1-2-10;/h4H,1-3,10H2,(H,11,12,13);1H. The molecule has 1 rings (SSSR count). The van der Waals surface area contributed by atoms with E-state index in [1.54, 1.807) is 6.20 Å². The van der Waals surface area contributed by atoms with Crippen molar-refractivity contribution in [2.24, 2.45) is 5.73 Å². The number of rotatable bonds is 4. The van der Waals surface area contributed by atoms with Crippen LogP contribution in [0.2, 0.25) is 5.28 Å². The summed E-state index contributed by atoms with van der Waals surface area (Å²) in [4.78, 5) is 7.89. The third-order valence-corrected chi connectivity index (χ3v) is 2.36. The number of halogens is 3. The van der Waals surface area contributed by atoms with Gasteiger partial charge in [-0.2, -0.15) is 4.98 Å². The van der Waals surface area contributed by atoms with Crippen LogP contribution in [0.1, 0.15) is 6.42 Å². The highest BCUT2D eigenvalue weighted by Gasteiger charge is 2.01. The molecule has 0 spiro atoms. The molecule has 80 valence electrons. The fourth-order valence-corrected chi connectivity index (χ4v) is 1.36. The summed E-state index contributed by atoms with van der Waals surface area (Å²) in [5.74, 6) is 0.772. The minimum Gasteiger partial charge on any atom is -0.369 e. The molecule has 0 unspecified atom stereocenters. The maximum absolute atomic E-state index is 5.64. The van der Waals surface area contributed by atoms with E-state index >= 15 is 0 Å². The van der Waals surface area contributed by atoms with Crippen molar-refractivity contribution < 1.29 is 0 Å². The van der Waals surface area contributed by atoms with Gasteiger partial charge in [0.25, 0.3) is 0 Å². The summed E-state index contributed by atoms with van der Waals surface area (Å²) >= 11 is 7.79. The van der Waals surface area contributed by atoms with E-state index in [9.17, 15) is 0 Å². The molecule has 0 bridgehead atoms. The molecule has 0 saturated carbocycles. The van der Waals surface area contributed by atoms with E-state index in [1.165, 1.54) is 0 Å². The Bertz CT molecular complexity index is 284. The van der Waals surface area contributed by atoms with Gasteiger partial charge in [0, 0.05) is 12.7 Å². The summed E-state index contributed by atoms with van der Waals surface area (Å²) in [7, 11) is 0. The molecule has 0 amide bonds. The van der Waals surface area contributed by atoms with Gasteiger partial charge in [-0.3, -0.25) is 0 Å². The SMILES string of the molecule is Cl.NCCCNc1nc(Cl)ncc1I. The monoisotopic (exact) mass is 348 g/mol. The fraction of sp³-hybridized carbons (Fsp3) is 0.429. The normalized spacial score (nSPS) is 9.36. The second kappa shape index (κ2) is 7.44. The number of nitrogens with two attached hydrogens (primary N) is 1. The van der Waals surface area contributed by atoms with E-state index in [4.69, 9.17) is 17.3 Å². The first-order valence-corrected chi connectivity index (χ1v) is 5.31. The molecular weight excluding hydrogens is 338 g/mol. The Hall–Kier alpha value is 0.150. The van der Waals surface area contributed by atoms with Gasteiger partial charge in [-0.25, -0.2) is 4.98 Å². The first-order chi connectivity index (χ1) is 6.24. The highest BCUT2D eigenvalue weighted by atomic mass is 127. The summed E-state index contributed by atoms with van der Waals surface area (Å²) in [6, 6.07) is 0. The van der Waals surface area contributed by atoms with Gasteiger partial charge in [-0.1, -0.05) is 0 Å². The van der Waals surface area contributed by atoms with Gasteiger partial charge in [-0.05, 0) is 47.2 Å². The predicted octanol–water partition coefficient (Wildman–Crippen LogP) is 1.92. The molecule has 0 aliphatic heterocycles. The predicted molar refractivity (Wildman–Crippen MR) is 69.2 cm³/mol. The van der Waals surface area contributed by atoms with Gasteiger partial charge in [0.2, 0.25) is 5.28 Å². The van der Waals surface area contributed by atoms with E-state index < -0.39 is 0 Å². The van der Waals surface area contributed by atoms with Crippen LogP contribution in [0.4, 0.5) is 5.82 Å². The molecule has 1 aromatic heterocycles. The van der Waals surface area contributed by atoms with Gasteiger partial charge in [0.15, 0.2) is 0 Å². The lowest BCUT2D eigenvalue weighted by atomic mass is 10.4. The maximum Gasteiger partial charge on any atom is 0.224 e. The molecule has 0 saturated heterocycles. The van der Waals surface area contributed by atoms with Gasteiger partial charge in [0.05, 0.1) is 3.57 Å². The average Bonchev–Trinajstić information content (AvgIpc) is 2.11. The quantitative estimate of drug-likeness (QED) is 0.495. The molecule has 14 heavy (non-hydrogen) atoms. The maximum atomic E-state index is 5.64. The number of hydrogen-bond donors (Lipinski definition) is 2. The lowest BCUT2D eigenvalue weighted by Gasteiger charge is -2.05. The number of nitrogens with one attached hydrogen (secondary N) is 1. The zero-order chi connectivity index (χ0) is 9.68. The highest BCUT2D eigenvalue weighted by Crippen LogP contribution is 2.15. The van der Waals surface area contributed by atoms with Crippen molar-refractivity contribution >= 4 is 52.4 Å². The van der Waals surface area contributed by atoms with Crippen LogP contribution in [0.15, 0.2) is 6.20 Å². The van der Waals surface area contributed by atoms with E-state index in [0.29, 0.717) is 6.54 Å². The summed E-state index contributed by atoms with van der Waals surface area (Å²) in [6.45, 7) is 1.47. The van der Waals surface area contributed by atoms with E-state index in [2.05, 4.69) is 37.9 Å². The van der Waals surface area contributed by atoms with Crippen LogP contribution in [0.3, 0.4) is 0 Å². The van der Waals surface area contributed by atoms with E-state index in [-0.39, 0.29) is 17.7 Å². The van der Waals surface area contributed by atoms with Crippen LogP contribution in [0, 0.1) is 3.57 Å². The summed E-state index contributed by atoms with van der Waals surface area (Å²) < 4.78 is 0.957. The van der Waals surface area contributed by atoms with Crippen LogP contribution >= 0.6 is 46.6 Å². The smallest absolute Gasteiger partial charge is 0.224 e. The topological polar surface area (TPSA) is 63.8 Å². The van der Waals surface area contributed by atoms with Crippen molar-refractivity contribution in [1.82, 2.24) is 9.97 Å². The molecular formula is C7H11Cl2IN4. The Morgan fingerprint density at radius 1 is 1.57 bits per heavy atom. The van der Waals surface area contributed by atoms with Crippen molar-refractivity contribution in [3.05, 3.63) is 15.1 Å². The molecule has 3 N–H and O–H groups in total. The minimum absolute atomic E-state index is 0. The van der Waals surface area contributed by atoms with Crippen molar-refractivity contribution in [3.8, 4) is 0 Å². The lowest BCUT2D eigenvalue weighted by Crippen LogP contribution is -2.10. The highest BCUT2D eigenvalue weighted by molar-refractivity contribution is 14.1.